The second kappa shape index (κ2) is 10.9. The van der Waals surface area contributed by atoms with Crippen molar-refractivity contribution in [2.24, 2.45) is 0 Å². The standard InChI is InChI=1S/C21H24N4O4S2/c1-5-29-16-9-7-6-8-15(16)23-20-24-25-21(31-20)30-13(2)19(26)22-14-10-11-17(27-3)18(12-14)28-4/h6-13H,5H2,1-4H3,(H,22,26)(H,23,24). The molecule has 1 heterocycles. The summed E-state index contributed by atoms with van der Waals surface area (Å²) in [5.74, 6) is 1.75. The molecule has 2 aromatic carbocycles. The topological polar surface area (TPSA) is 94.6 Å². The number of hydrogen-bond donors (Lipinski definition) is 2. The minimum atomic E-state index is -0.371. The lowest BCUT2D eigenvalue weighted by Crippen LogP contribution is -2.22. The number of ether oxygens (including phenoxy) is 3. The highest BCUT2D eigenvalue weighted by Crippen LogP contribution is 2.34. The minimum Gasteiger partial charge on any atom is -0.493 e. The van der Waals surface area contributed by atoms with Gasteiger partial charge in [-0.15, -0.1) is 10.2 Å². The number of rotatable bonds is 10. The normalized spacial score (nSPS) is 11.5. The number of amides is 1. The van der Waals surface area contributed by atoms with Crippen LogP contribution in [0.25, 0.3) is 0 Å². The van der Waals surface area contributed by atoms with Crippen molar-refractivity contribution in [2.75, 3.05) is 31.5 Å². The summed E-state index contributed by atoms with van der Waals surface area (Å²) in [5.41, 5.74) is 1.44. The van der Waals surface area contributed by atoms with Crippen LogP contribution in [0.1, 0.15) is 13.8 Å². The number of benzene rings is 2. The zero-order valence-corrected chi connectivity index (χ0v) is 19.3. The molecular weight excluding hydrogens is 436 g/mol. The monoisotopic (exact) mass is 460 g/mol. The summed E-state index contributed by atoms with van der Waals surface area (Å²) >= 11 is 2.72. The smallest absolute Gasteiger partial charge is 0.237 e. The molecule has 2 N–H and O–H groups in total. The van der Waals surface area contributed by atoms with E-state index in [0.717, 1.165) is 11.4 Å². The zero-order valence-electron chi connectivity index (χ0n) is 17.7. The SMILES string of the molecule is CCOc1ccccc1Nc1nnc(SC(C)C(=O)Nc2ccc(OC)c(OC)c2)s1. The summed E-state index contributed by atoms with van der Waals surface area (Å²) in [7, 11) is 3.12. The van der Waals surface area contributed by atoms with Gasteiger partial charge in [-0.25, -0.2) is 0 Å². The maximum absolute atomic E-state index is 12.6. The van der Waals surface area contributed by atoms with E-state index in [1.54, 1.807) is 32.4 Å². The van der Waals surface area contributed by atoms with E-state index in [2.05, 4.69) is 20.8 Å². The van der Waals surface area contributed by atoms with Crippen molar-refractivity contribution in [3.8, 4) is 17.2 Å². The fraction of sp³-hybridized carbons (Fsp3) is 0.286. The first-order valence-corrected chi connectivity index (χ1v) is 11.3. The van der Waals surface area contributed by atoms with Gasteiger partial charge in [0, 0.05) is 11.8 Å². The molecule has 31 heavy (non-hydrogen) atoms. The van der Waals surface area contributed by atoms with E-state index >= 15 is 0 Å². The highest BCUT2D eigenvalue weighted by atomic mass is 32.2. The van der Waals surface area contributed by atoms with Crippen LogP contribution >= 0.6 is 23.1 Å². The molecule has 0 radical (unpaired) electrons. The Kier molecular flexibility index (Phi) is 7.96. The molecule has 1 atom stereocenters. The molecule has 0 spiro atoms. The number of hydrogen-bond acceptors (Lipinski definition) is 9. The van der Waals surface area contributed by atoms with Crippen LogP contribution in [0.3, 0.4) is 0 Å². The van der Waals surface area contributed by atoms with E-state index in [-0.39, 0.29) is 11.2 Å². The Morgan fingerprint density at radius 2 is 1.87 bits per heavy atom. The van der Waals surface area contributed by atoms with E-state index in [0.29, 0.717) is 33.3 Å². The van der Waals surface area contributed by atoms with Crippen molar-refractivity contribution in [1.82, 2.24) is 10.2 Å². The number of carbonyl (C=O) groups excluding carboxylic acids is 1. The average Bonchev–Trinajstić information content (AvgIpc) is 3.21. The highest BCUT2D eigenvalue weighted by Gasteiger charge is 2.18. The lowest BCUT2D eigenvalue weighted by atomic mass is 10.2. The van der Waals surface area contributed by atoms with Crippen LogP contribution < -0.4 is 24.8 Å². The van der Waals surface area contributed by atoms with Crippen LogP contribution in [0, 0.1) is 0 Å². The quantitative estimate of drug-likeness (QED) is 0.416. The van der Waals surface area contributed by atoms with Crippen LogP contribution in [0.5, 0.6) is 17.2 Å². The van der Waals surface area contributed by atoms with Crippen molar-refractivity contribution in [3.05, 3.63) is 42.5 Å². The van der Waals surface area contributed by atoms with Crippen molar-refractivity contribution in [3.63, 3.8) is 0 Å². The predicted octanol–water partition coefficient (Wildman–Crippen LogP) is 4.82. The minimum absolute atomic E-state index is 0.149. The average molecular weight is 461 g/mol. The van der Waals surface area contributed by atoms with Crippen LogP contribution in [-0.4, -0.2) is 42.2 Å². The van der Waals surface area contributed by atoms with E-state index < -0.39 is 0 Å². The Balaban J connectivity index is 1.60. The van der Waals surface area contributed by atoms with Gasteiger partial charge in [0.2, 0.25) is 11.0 Å². The fourth-order valence-corrected chi connectivity index (χ4v) is 4.55. The number of para-hydroxylation sites is 2. The predicted molar refractivity (Wildman–Crippen MR) is 124 cm³/mol. The molecule has 0 aliphatic carbocycles. The summed E-state index contributed by atoms with van der Waals surface area (Å²) in [6.07, 6.45) is 0. The number of nitrogens with one attached hydrogen (secondary N) is 2. The second-order valence-electron chi connectivity index (χ2n) is 6.25. The van der Waals surface area contributed by atoms with Gasteiger partial charge in [-0.2, -0.15) is 0 Å². The number of carbonyl (C=O) groups is 1. The Labute approximate surface area is 189 Å². The Morgan fingerprint density at radius 1 is 1.10 bits per heavy atom. The molecule has 164 valence electrons. The maximum atomic E-state index is 12.6. The Morgan fingerprint density at radius 3 is 2.61 bits per heavy atom. The molecule has 3 aromatic rings. The summed E-state index contributed by atoms with van der Waals surface area (Å²) in [5, 5.41) is 14.7. The first-order chi connectivity index (χ1) is 15.0. The van der Waals surface area contributed by atoms with Gasteiger partial charge in [0.15, 0.2) is 15.8 Å². The molecule has 0 saturated carbocycles. The first-order valence-electron chi connectivity index (χ1n) is 9.56. The van der Waals surface area contributed by atoms with Crippen molar-refractivity contribution in [2.45, 2.75) is 23.4 Å². The summed E-state index contributed by atoms with van der Waals surface area (Å²) in [6.45, 7) is 4.33. The zero-order chi connectivity index (χ0) is 22.2. The lowest BCUT2D eigenvalue weighted by Gasteiger charge is -2.13. The third kappa shape index (κ3) is 6.02. The lowest BCUT2D eigenvalue weighted by molar-refractivity contribution is -0.115. The molecule has 0 saturated heterocycles. The van der Waals surface area contributed by atoms with E-state index in [1.807, 2.05) is 38.1 Å². The van der Waals surface area contributed by atoms with E-state index in [4.69, 9.17) is 14.2 Å². The van der Waals surface area contributed by atoms with Gasteiger partial charge in [0.1, 0.15) is 5.75 Å². The van der Waals surface area contributed by atoms with Crippen LogP contribution in [0.2, 0.25) is 0 Å². The molecule has 8 nitrogen and oxygen atoms in total. The number of anilines is 3. The molecule has 0 fully saturated rings. The van der Waals surface area contributed by atoms with Crippen LogP contribution in [-0.2, 0) is 4.79 Å². The molecule has 3 rings (SSSR count). The largest absolute Gasteiger partial charge is 0.493 e. The van der Waals surface area contributed by atoms with Crippen molar-refractivity contribution < 1.29 is 19.0 Å². The van der Waals surface area contributed by atoms with Gasteiger partial charge in [-0.3, -0.25) is 4.79 Å². The van der Waals surface area contributed by atoms with Crippen LogP contribution in [0.4, 0.5) is 16.5 Å². The van der Waals surface area contributed by atoms with Crippen molar-refractivity contribution in [1.29, 1.82) is 0 Å². The van der Waals surface area contributed by atoms with Gasteiger partial charge in [0.25, 0.3) is 0 Å². The number of thioether (sulfide) groups is 1. The molecule has 0 bridgehead atoms. The maximum Gasteiger partial charge on any atom is 0.237 e. The Hall–Kier alpha value is -2.98. The molecular formula is C21H24N4O4S2. The first kappa shape index (κ1) is 22.7. The molecule has 0 aliphatic rings. The number of methoxy groups -OCH3 is 2. The van der Waals surface area contributed by atoms with Gasteiger partial charge >= 0.3 is 0 Å². The number of aromatic nitrogens is 2. The third-order valence-corrected chi connectivity index (χ3v) is 6.16. The summed E-state index contributed by atoms with van der Waals surface area (Å²) < 4.78 is 16.8. The van der Waals surface area contributed by atoms with Crippen molar-refractivity contribution >= 4 is 45.5 Å². The van der Waals surface area contributed by atoms with Crippen LogP contribution in [0.15, 0.2) is 46.8 Å². The van der Waals surface area contributed by atoms with Gasteiger partial charge in [0.05, 0.1) is 31.8 Å². The molecule has 10 heteroatoms. The van der Waals surface area contributed by atoms with Gasteiger partial charge < -0.3 is 24.8 Å². The van der Waals surface area contributed by atoms with Gasteiger partial charge in [-0.1, -0.05) is 35.2 Å². The Bertz CT molecular complexity index is 1030. The fourth-order valence-electron chi connectivity index (χ4n) is 2.64. The van der Waals surface area contributed by atoms with E-state index in [1.165, 1.54) is 23.1 Å². The third-order valence-electron chi connectivity index (χ3n) is 4.13. The molecule has 1 aromatic heterocycles. The second-order valence-corrected chi connectivity index (χ2v) is 8.81. The molecule has 1 unspecified atom stereocenters. The molecule has 0 aliphatic heterocycles. The highest BCUT2D eigenvalue weighted by molar-refractivity contribution is 8.02. The number of nitrogens with zero attached hydrogens (tertiary/aromatic N) is 2. The van der Waals surface area contributed by atoms with Gasteiger partial charge in [-0.05, 0) is 38.1 Å². The summed E-state index contributed by atoms with van der Waals surface area (Å²) in [4.78, 5) is 12.6. The summed E-state index contributed by atoms with van der Waals surface area (Å²) in [6, 6.07) is 12.9. The molecule has 1 amide bonds. The van der Waals surface area contributed by atoms with E-state index in [9.17, 15) is 4.79 Å².